The van der Waals surface area contributed by atoms with Crippen molar-refractivity contribution in [3.8, 4) is 0 Å². The third-order valence-electron chi connectivity index (χ3n) is 0.855. The van der Waals surface area contributed by atoms with Crippen LogP contribution in [0.2, 0.25) is 0 Å². The maximum Gasteiger partial charge on any atom is 0.0298 e. The van der Waals surface area contributed by atoms with Crippen LogP contribution in [0.1, 0.15) is 0 Å². The molecule has 0 aliphatic carbocycles. The molecular weight excluding hydrogens is 136 g/mol. The summed E-state index contributed by atoms with van der Waals surface area (Å²) in [5.41, 5.74) is 2.10. The summed E-state index contributed by atoms with van der Waals surface area (Å²) < 4.78 is 0. The minimum Gasteiger partial charge on any atom is -0.319 e. The second-order valence-corrected chi connectivity index (χ2v) is 2.85. The first-order valence-electron chi connectivity index (χ1n) is 3.01. The first kappa shape index (κ1) is 9.23. The van der Waals surface area contributed by atoms with E-state index in [9.17, 15) is 0 Å². The summed E-state index contributed by atoms with van der Waals surface area (Å²) in [6.07, 6.45) is 0. The fraction of sp³-hybridized carbons (Fsp3) is 1.00. The van der Waals surface area contributed by atoms with Crippen molar-refractivity contribution in [3.05, 3.63) is 0 Å². The molecule has 9 heavy (non-hydrogen) atoms. The molecule has 0 fully saturated rings. The van der Waals surface area contributed by atoms with Gasteiger partial charge < -0.3 is 10.5 Å². The lowest BCUT2D eigenvalue weighted by Crippen LogP contribution is -2.14. The zero-order valence-electron chi connectivity index (χ0n) is 5.68. The van der Waals surface area contributed by atoms with Gasteiger partial charge in [0.2, 0.25) is 0 Å². The van der Waals surface area contributed by atoms with Crippen LogP contribution < -0.4 is 10.8 Å². The van der Waals surface area contributed by atoms with Gasteiger partial charge in [0.1, 0.15) is 0 Å². The molecule has 0 aromatic heterocycles. The third-order valence-corrected chi connectivity index (χ3v) is 1.84. The average Bonchev–Trinajstić information content (AvgIpc) is 1.89. The van der Waals surface area contributed by atoms with Crippen LogP contribution in [-0.2, 0) is 0 Å². The largest absolute Gasteiger partial charge is 0.319 e. The van der Waals surface area contributed by atoms with Crippen molar-refractivity contribution in [3.63, 3.8) is 0 Å². The normalized spacial score (nSPS) is 10.0. The lowest BCUT2D eigenvalue weighted by atomic mass is 10.8. The van der Waals surface area contributed by atoms with Crippen LogP contribution in [0, 0.1) is 0 Å². The molecule has 0 saturated heterocycles. The van der Waals surface area contributed by atoms with Crippen molar-refractivity contribution in [2.24, 2.45) is 0 Å². The predicted molar refractivity (Wildman–Crippen MR) is 41.0 cm³/mol. The highest BCUT2D eigenvalue weighted by Crippen LogP contribution is 1.94. The van der Waals surface area contributed by atoms with E-state index in [0.717, 1.165) is 18.1 Å². The van der Waals surface area contributed by atoms with Crippen molar-refractivity contribution in [2.75, 3.05) is 31.6 Å². The Kier molecular flexibility index (Phi) is 8.44. The van der Waals surface area contributed by atoms with Gasteiger partial charge in [-0.1, -0.05) is 0 Å². The first-order chi connectivity index (χ1) is 4.41. The Morgan fingerprint density at radius 2 is 2.00 bits per heavy atom. The van der Waals surface area contributed by atoms with Gasteiger partial charge in [0, 0.05) is 24.6 Å². The van der Waals surface area contributed by atoms with E-state index in [1.807, 2.05) is 18.8 Å². The second kappa shape index (κ2) is 8.23. The summed E-state index contributed by atoms with van der Waals surface area (Å²) in [6, 6.07) is 0. The standard InChI is InChI=1S/C5H14N2OS/c1-6-2-4-9-5-3-7-8/h6-8H,2-5H2,1H3. The summed E-state index contributed by atoms with van der Waals surface area (Å²) in [4.78, 5) is 0. The van der Waals surface area contributed by atoms with Gasteiger partial charge in [0.05, 0.1) is 0 Å². The Hall–Kier alpha value is 0.230. The van der Waals surface area contributed by atoms with Gasteiger partial charge in [-0.05, 0) is 7.05 Å². The Morgan fingerprint density at radius 3 is 2.56 bits per heavy atom. The van der Waals surface area contributed by atoms with Gasteiger partial charge in [-0.2, -0.15) is 11.8 Å². The number of nitrogens with one attached hydrogen (secondary N) is 2. The van der Waals surface area contributed by atoms with Crippen LogP contribution in [0.4, 0.5) is 0 Å². The Labute approximate surface area is 60.2 Å². The summed E-state index contributed by atoms with van der Waals surface area (Å²) in [7, 11) is 1.94. The minimum atomic E-state index is 0.675. The van der Waals surface area contributed by atoms with Crippen molar-refractivity contribution < 1.29 is 5.21 Å². The number of hydrogen-bond donors (Lipinski definition) is 3. The molecule has 0 amide bonds. The average molecular weight is 150 g/mol. The molecule has 0 aromatic rings. The van der Waals surface area contributed by atoms with Crippen molar-refractivity contribution >= 4 is 11.8 Å². The molecule has 0 aliphatic rings. The second-order valence-electron chi connectivity index (χ2n) is 1.62. The molecule has 0 saturated carbocycles. The zero-order valence-corrected chi connectivity index (χ0v) is 6.50. The molecule has 0 atom stereocenters. The maximum atomic E-state index is 8.14. The van der Waals surface area contributed by atoms with Crippen LogP contribution in [-0.4, -0.2) is 36.9 Å². The fourth-order valence-corrected chi connectivity index (χ4v) is 1.18. The minimum absolute atomic E-state index is 0.675. The number of thioether (sulfide) groups is 1. The van der Waals surface area contributed by atoms with E-state index < -0.39 is 0 Å². The molecule has 0 unspecified atom stereocenters. The van der Waals surface area contributed by atoms with Gasteiger partial charge in [0.15, 0.2) is 0 Å². The Bertz CT molecular complexity index is 48.2. The molecule has 3 nitrogen and oxygen atoms in total. The van der Waals surface area contributed by atoms with E-state index in [0.29, 0.717) is 6.54 Å². The van der Waals surface area contributed by atoms with Crippen LogP contribution in [0.15, 0.2) is 0 Å². The van der Waals surface area contributed by atoms with Crippen molar-refractivity contribution in [1.82, 2.24) is 10.8 Å². The molecule has 3 N–H and O–H groups in total. The Morgan fingerprint density at radius 1 is 1.33 bits per heavy atom. The van der Waals surface area contributed by atoms with Crippen LogP contribution in [0.3, 0.4) is 0 Å². The van der Waals surface area contributed by atoms with Crippen molar-refractivity contribution in [2.45, 2.75) is 0 Å². The van der Waals surface area contributed by atoms with Crippen LogP contribution >= 0.6 is 11.8 Å². The van der Waals surface area contributed by atoms with Gasteiger partial charge in [0.25, 0.3) is 0 Å². The highest BCUT2D eigenvalue weighted by atomic mass is 32.2. The molecule has 4 heteroatoms. The number of rotatable bonds is 6. The number of hydroxylamine groups is 1. The topological polar surface area (TPSA) is 44.3 Å². The molecule has 0 heterocycles. The Balaban J connectivity index is 2.60. The monoisotopic (exact) mass is 150 g/mol. The maximum absolute atomic E-state index is 8.14. The van der Waals surface area contributed by atoms with E-state index in [-0.39, 0.29) is 0 Å². The molecule has 0 aliphatic heterocycles. The molecule has 0 bridgehead atoms. The van der Waals surface area contributed by atoms with Gasteiger partial charge in [-0.3, -0.25) is 0 Å². The number of hydrogen-bond acceptors (Lipinski definition) is 4. The van der Waals surface area contributed by atoms with Crippen molar-refractivity contribution in [1.29, 1.82) is 0 Å². The first-order valence-corrected chi connectivity index (χ1v) is 4.16. The molecule has 0 aromatic carbocycles. The van der Waals surface area contributed by atoms with E-state index in [4.69, 9.17) is 5.21 Å². The predicted octanol–water partition coefficient (Wildman–Crippen LogP) is -0.0822. The lowest BCUT2D eigenvalue weighted by molar-refractivity contribution is 0.174. The van der Waals surface area contributed by atoms with E-state index >= 15 is 0 Å². The molecule has 56 valence electrons. The highest BCUT2D eigenvalue weighted by molar-refractivity contribution is 7.99. The van der Waals surface area contributed by atoms with E-state index in [1.54, 1.807) is 0 Å². The summed E-state index contributed by atoms with van der Waals surface area (Å²) in [5.74, 6) is 2.08. The summed E-state index contributed by atoms with van der Waals surface area (Å²) in [6.45, 7) is 1.71. The zero-order chi connectivity index (χ0) is 6.95. The SMILES string of the molecule is CNCCSCCNO. The molecule has 0 rings (SSSR count). The van der Waals surface area contributed by atoms with Gasteiger partial charge in [-0.15, -0.1) is 0 Å². The molecular formula is C5H14N2OS. The molecule has 0 spiro atoms. The highest BCUT2D eigenvalue weighted by Gasteiger charge is 1.85. The van der Waals surface area contributed by atoms with Gasteiger partial charge in [-0.25, -0.2) is 5.48 Å². The fourth-order valence-electron chi connectivity index (χ4n) is 0.394. The lowest BCUT2D eigenvalue weighted by Gasteiger charge is -1.98. The van der Waals surface area contributed by atoms with Gasteiger partial charge >= 0.3 is 0 Å². The third kappa shape index (κ3) is 8.23. The molecule has 0 radical (unpaired) electrons. The smallest absolute Gasteiger partial charge is 0.0298 e. The van der Waals surface area contributed by atoms with Crippen LogP contribution in [0.5, 0.6) is 0 Å². The summed E-state index contributed by atoms with van der Waals surface area (Å²) in [5, 5.41) is 11.2. The van der Waals surface area contributed by atoms with E-state index in [1.165, 1.54) is 0 Å². The van der Waals surface area contributed by atoms with E-state index in [2.05, 4.69) is 10.8 Å². The van der Waals surface area contributed by atoms with Crippen LogP contribution in [0.25, 0.3) is 0 Å². The summed E-state index contributed by atoms with van der Waals surface area (Å²) >= 11 is 1.82. The quantitative estimate of drug-likeness (QED) is 0.366.